The summed E-state index contributed by atoms with van der Waals surface area (Å²) in [5.74, 6) is -0.858. The second-order valence-corrected chi connectivity index (χ2v) is 3.90. The highest BCUT2D eigenvalue weighted by Gasteiger charge is 2.14. The van der Waals surface area contributed by atoms with Crippen molar-refractivity contribution in [3.63, 3.8) is 0 Å². The summed E-state index contributed by atoms with van der Waals surface area (Å²) in [4.78, 5) is 21.5. The summed E-state index contributed by atoms with van der Waals surface area (Å²) in [5, 5.41) is 2.11. The van der Waals surface area contributed by atoms with Crippen LogP contribution in [0.25, 0.3) is 0 Å². The smallest absolute Gasteiger partial charge is 0.252 e. The third-order valence-electron chi connectivity index (χ3n) is 1.45. The molecule has 0 aromatic heterocycles. The van der Waals surface area contributed by atoms with Gasteiger partial charge in [0.15, 0.2) is 0 Å². The molecule has 0 saturated carbocycles. The SMILES string of the molecule is CC(=O)NC(=O)C=C(N)C(C)(C)C. The van der Waals surface area contributed by atoms with Gasteiger partial charge in [0.2, 0.25) is 5.91 Å². The number of amides is 2. The minimum atomic E-state index is -0.472. The van der Waals surface area contributed by atoms with Crippen molar-refractivity contribution >= 4 is 11.8 Å². The average Bonchev–Trinajstić information content (AvgIpc) is 1.82. The van der Waals surface area contributed by atoms with E-state index in [1.807, 2.05) is 20.8 Å². The van der Waals surface area contributed by atoms with E-state index in [2.05, 4.69) is 5.32 Å². The zero-order chi connectivity index (χ0) is 10.6. The predicted molar refractivity (Wildman–Crippen MR) is 50.5 cm³/mol. The lowest BCUT2D eigenvalue weighted by molar-refractivity contribution is -0.126. The Morgan fingerprint density at radius 2 is 1.77 bits per heavy atom. The maximum atomic E-state index is 11.0. The van der Waals surface area contributed by atoms with Crippen LogP contribution in [0.2, 0.25) is 0 Å². The highest BCUT2D eigenvalue weighted by atomic mass is 16.2. The summed E-state index contributed by atoms with van der Waals surface area (Å²) in [5.41, 5.74) is 5.81. The van der Waals surface area contributed by atoms with Crippen LogP contribution in [-0.4, -0.2) is 11.8 Å². The van der Waals surface area contributed by atoms with Crippen LogP contribution in [0.4, 0.5) is 0 Å². The topological polar surface area (TPSA) is 72.2 Å². The molecule has 0 heterocycles. The van der Waals surface area contributed by atoms with Crippen LogP contribution in [0, 0.1) is 5.41 Å². The monoisotopic (exact) mass is 184 g/mol. The molecule has 2 amide bonds. The molecule has 0 aromatic rings. The lowest BCUT2D eigenvalue weighted by Gasteiger charge is -2.18. The van der Waals surface area contributed by atoms with Gasteiger partial charge < -0.3 is 5.73 Å². The minimum Gasteiger partial charge on any atom is -0.401 e. The summed E-state index contributed by atoms with van der Waals surface area (Å²) >= 11 is 0. The lowest BCUT2D eigenvalue weighted by Crippen LogP contribution is -2.28. The Kier molecular flexibility index (Phi) is 3.66. The van der Waals surface area contributed by atoms with Gasteiger partial charge in [-0.05, 0) is 0 Å². The predicted octanol–water partition coefficient (Wildman–Crippen LogP) is 0.538. The van der Waals surface area contributed by atoms with Crippen molar-refractivity contribution in [3.8, 4) is 0 Å². The number of hydrogen-bond donors (Lipinski definition) is 2. The van der Waals surface area contributed by atoms with Gasteiger partial charge in [-0.3, -0.25) is 14.9 Å². The molecule has 0 spiro atoms. The number of carbonyl (C=O) groups excluding carboxylic acids is 2. The van der Waals surface area contributed by atoms with Gasteiger partial charge in [-0.15, -0.1) is 0 Å². The fraction of sp³-hybridized carbons (Fsp3) is 0.556. The van der Waals surface area contributed by atoms with Crippen LogP contribution >= 0.6 is 0 Å². The van der Waals surface area contributed by atoms with Crippen LogP contribution in [0.5, 0.6) is 0 Å². The Balaban J connectivity index is 4.40. The summed E-state index contributed by atoms with van der Waals surface area (Å²) in [6.07, 6.45) is 1.24. The molecule has 0 saturated heterocycles. The van der Waals surface area contributed by atoms with Crippen LogP contribution in [-0.2, 0) is 9.59 Å². The van der Waals surface area contributed by atoms with E-state index < -0.39 is 5.91 Å². The molecule has 0 atom stereocenters. The van der Waals surface area contributed by atoms with Crippen molar-refractivity contribution < 1.29 is 9.59 Å². The van der Waals surface area contributed by atoms with Gasteiger partial charge in [-0.1, -0.05) is 20.8 Å². The number of hydrogen-bond acceptors (Lipinski definition) is 3. The first-order chi connectivity index (χ1) is 5.73. The van der Waals surface area contributed by atoms with Crippen molar-refractivity contribution in [2.75, 3.05) is 0 Å². The lowest BCUT2D eigenvalue weighted by atomic mass is 9.92. The van der Waals surface area contributed by atoms with E-state index in [1.54, 1.807) is 0 Å². The Morgan fingerprint density at radius 3 is 2.08 bits per heavy atom. The van der Waals surface area contributed by atoms with Crippen LogP contribution < -0.4 is 11.1 Å². The maximum absolute atomic E-state index is 11.0. The van der Waals surface area contributed by atoms with Crippen LogP contribution in [0.15, 0.2) is 11.8 Å². The molecule has 0 fully saturated rings. The van der Waals surface area contributed by atoms with Crippen molar-refractivity contribution in [1.82, 2.24) is 5.32 Å². The molecule has 0 aliphatic rings. The normalized spacial score (nSPS) is 12.5. The Morgan fingerprint density at radius 1 is 1.31 bits per heavy atom. The van der Waals surface area contributed by atoms with Crippen molar-refractivity contribution in [1.29, 1.82) is 0 Å². The molecule has 0 unspecified atom stereocenters. The molecule has 0 aromatic carbocycles. The van der Waals surface area contributed by atoms with Crippen molar-refractivity contribution in [2.45, 2.75) is 27.7 Å². The number of carbonyl (C=O) groups is 2. The number of nitrogens with two attached hydrogens (primary N) is 1. The molecule has 3 N–H and O–H groups in total. The standard InChI is InChI=1S/C9H16N2O2/c1-6(12)11-8(13)5-7(10)9(2,3)4/h5H,10H2,1-4H3,(H,11,12,13). The van der Waals surface area contributed by atoms with Crippen LogP contribution in [0.3, 0.4) is 0 Å². The fourth-order valence-electron chi connectivity index (χ4n) is 0.567. The Labute approximate surface area is 78.2 Å². The molecule has 13 heavy (non-hydrogen) atoms. The number of nitrogens with one attached hydrogen (secondary N) is 1. The van der Waals surface area contributed by atoms with E-state index in [0.717, 1.165) is 0 Å². The molecular weight excluding hydrogens is 168 g/mol. The van der Waals surface area contributed by atoms with Gasteiger partial charge in [0.05, 0.1) is 0 Å². The first-order valence-electron chi connectivity index (χ1n) is 4.02. The van der Waals surface area contributed by atoms with E-state index in [1.165, 1.54) is 13.0 Å². The maximum Gasteiger partial charge on any atom is 0.252 e. The Hall–Kier alpha value is -1.32. The summed E-state index contributed by atoms with van der Waals surface area (Å²) in [6.45, 7) is 6.94. The highest BCUT2D eigenvalue weighted by Crippen LogP contribution is 2.19. The molecule has 0 aliphatic heterocycles. The van der Waals surface area contributed by atoms with Crippen LogP contribution in [0.1, 0.15) is 27.7 Å². The third-order valence-corrected chi connectivity index (χ3v) is 1.45. The molecule has 0 aliphatic carbocycles. The second kappa shape index (κ2) is 4.07. The quantitative estimate of drug-likeness (QED) is 0.584. The number of allylic oxidation sites excluding steroid dienone is 1. The first-order valence-corrected chi connectivity index (χ1v) is 4.02. The average molecular weight is 184 g/mol. The zero-order valence-electron chi connectivity index (χ0n) is 8.47. The molecular formula is C9H16N2O2. The van der Waals surface area contributed by atoms with Gasteiger partial charge in [-0.2, -0.15) is 0 Å². The summed E-state index contributed by atoms with van der Waals surface area (Å²) in [7, 11) is 0. The van der Waals surface area contributed by atoms with Gasteiger partial charge >= 0.3 is 0 Å². The molecule has 0 rings (SSSR count). The fourth-order valence-corrected chi connectivity index (χ4v) is 0.567. The zero-order valence-corrected chi connectivity index (χ0v) is 8.47. The minimum absolute atomic E-state index is 0.256. The van der Waals surface area contributed by atoms with Gasteiger partial charge in [0.1, 0.15) is 0 Å². The summed E-state index contributed by atoms with van der Waals surface area (Å²) < 4.78 is 0. The van der Waals surface area contributed by atoms with Gasteiger partial charge in [-0.25, -0.2) is 0 Å². The molecule has 4 heteroatoms. The van der Waals surface area contributed by atoms with Gasteiger partial charge in [0, 0.05) is 24.1 Å². The van der Waals surface area contributed by atoms with Crippen molar-refractivity contribution in [2.24, 2.45) is 11.1 Å². The highest BCUT2D eigenvalue weighted by molar-refractivity contribution is 6.00. The van der Waals surface area contributed by atoms with E-state index in [-0.39, 0.29) is 11.3 Å². The van der Waals surface area contributed by atoms with E-state index in [0.29, 0.717) is 5.70 Å². The second-order valence-electron chi connectivity index (χ2n) is 3.90. The third kappa shape index (κ3) is 5.00. The number of imide groups is 1. The van der Waals surface area contributed by atoms with Gasteiger partial charge in [0.25, 0.3) is 5.91 Å². The van der Waals surface area contributed by atoms with E-state index >= 15 is 0 Å². The molecule has 0 radical (unpaired) electrons. The Bertz CT molecular complexity index is 249. The molecule has 74 valence electrons. The largest absolute Gasteiger partial charge is 0.401 e. The molecule has 4 nitrogen and oxygen atoms in total. The van der Waals surface area contributed by atoms with E-state index in [4.69, 9.17) is 5.73 Å². The summed E-state index contributed by atoms with van der Waals surface area (Å²) in [6, 6.07) is 0. The molecule has 0 bridgehead atoms. The number of rotatable bonds is 1. The first kappa shape index (κ1) is 11.7. The van der Waals surface area contributed by atoms with Crippen molar-refractivity contribution in [3.05, 3.63) is 11.8 Å². The van der Waals surface area contributed by atoms with E-state index in [9.17, 15) is 9.59 Å².